The lowest BCUT2D eigenvalue weighted by Gasteiger charge is -2.42. The number of aryl methyl sites for hydroxylation is 1. The Bertz CT molecular complexity index is 801. The Balaban J connectivity index is 1.40. The number of amides is 1. The van der Waals surface area contributed by atoms with Gasteiger partial charge in [0, 0.05) is 42.9 Å². The smallest absolute Gasteiger partial charge is 0.239 e. The molecule has 0 radical (unpaired) electrons. The number of ether oxygens (including phenoxy) is 1. The number of para-hydroxylation sites is 1. The van der Waals surface area contributed by atoms with Gasteiger partial charge in [0.1, 0.15) is 6.54 Å². The summed E-state index contributed by atoms with van der Waals surface area (Å²) in [5.41, 5.74) is 2.41. The number of piperidine rings is 1. The molecule has 0 unspecified atom stereocenters. The predicted octanol–water partition coefficient (Wildman–Crippen LogP) is 3.35. The molecule has 2 fully saturated rings. The molecule has 5 nitrogen and oxygen atoms in total. The fourth-order valence-corrected chi connectivity index (χ4v) is 4.83. The van der Waals surface area contributed by atoms with E-state index in [0.29, 0.717) is 6.54 Å². The summed E-state index contributed by atoms with van der Waals surface area (Å²) in [5, 5.41) is 4.46. The summed E-state index contributed by atoms with van der Waals surface area (Å²) in [4.78, 5) is 15.4. The Morgan fingerprint density at radius 3 is 2.68 bits per heavy atom. The molecular weight excluding hydrogens is 350 g/mol. The molecule has 1 N–H and O–H groups in total. The van der Waals surface area contributed by atoms with E-state index < -0.39 is 0 Å². The first kappa shape index (κ1) is 19.5. The van der Waals surface area contributed by atoms with Crippen molar-refractivity contribution in [1.82, 2.24) is 14.8 Å². The predicted molar refractivity (Wildman–Crippen MR) is 112 cm³/mol. The monoisotopic (exact) mass is 383 g/mol. The van der Waals surface area contributed by atoms with Crippen LogP contribution in [0.1, 0.15) is 37.8 Å². The second-order valence-electron chi connectivity index (χ2n) is 8.66. The number of nitrogens with one attached hydrogen (secondary N) is 1. The number of aromatic nitrogens is 1. The molecule has 152 valence electrons. The zero-order valence-electron chi connectivity index (χ0n) is 17.1. The minimum Gasteiger partial charge on any atom is -0.381 e. The van der Waals surface area contributed by atoms with Gasteiger partial charge in [-0.2, -0.15) is 0 Å². The highest BCUT2D eigenvalue weighted by Crippen LogP contribution is 2.32. The molecular formula is C23H33N3O2. The summed E-state index contributed by atoms with van der Waals surface area (Å²) in [6, 6.07) is 10.4. The summed E-state index contributed by atoms with van der Waals surface area (Å²) in [6.45, 7) is 8.32. The van der Waals surface area contributed by atoms with Crippen molar-refractivity contribution in [3.63, 3.8) is 0 Å². The van der Waals surface area contributed by atoms with Crippen molar-refractivity contribution in [3.05, 3.63) is 36.0 Å². The van der Waals surface area contributed by atoms with Gasteiger partial charge in [0.05, 0.1) is 0 Å². The number of hydrogen-bond acceptors (Lipinski definition) is 3. The van der Waals surface area contributed by atoms with Crippen LogP contribution in [-0.2, 0) is 16.1 Å². The van der Waals surface area contributed by atoms with Gasteiger partial charge >= 0.3 is 0 Å². The van der Waals surface area contributed by atoms with E-state index >= 15 is 0 Å². The number of likely N-dealkylation sites (tertiary alicyclic amines) is 1. The quantitative estimate of drug-likeness (QED) is 0.832. The summed E-state index contributed by atoms with van der Waals surface area (Å²) in [6.07, 6.45) is 6.04. The molecule has 5 heteroatoms. The van der Waals surface area contributed by atoms with Crippen LogP contribution >= 0.6 is 0 Å². The molecule has 2 aliphatic heterocycles. The van der Waals surface area contributed by atoms with Crippen LogP contribution in [-0.4, -0.2) is 54.8 Å². The Kier molecular flexibility index (Phi) is 6.02. The van der Waals surface area contributed by atoms with E-state index in [9.17, 15) is 4.79 Å². The SMILES string of the molecule is Cc1cc2ccccc2n1CC(=O)NCC1(CN2CCCCC2)CCOCC1. The fourth-order valence-electron chi connectivity index (χ4n) is 4.83. The van der Waals surface area contributed by atoms with Crippen molar-refractivity contribution < 1.29 is 9.53 Å². The first-order valence-corrected chi connectivity index (χ1v) is 10.8. The van der Waals surface area contributed by atoms with Crippen LogP contribution in [0, 0.1) is 12.3 Å². The van der Waals surface area contributed by atoms with Crippen LogP contribution in [0.2, 0.25) is 0 Å². The lowest BCUT2D eigenvalue weighted by atomic mass is 9.79. The molecule has 1 amide bonds. The highest BCUT2D eigenvalue weighted by molar-refractivity contribution is 5.84. The second-order valence-corrected chi connectivity index (χ2v) is 8.66. The molecule has 1 aromatic heterocycles. The summed E-state index contributed by atoms with van der Waals surface area (Å²) in [7, 11) is 0. The molecule has 28 heavy (non-hydrogen) atoms. The van der Waals surface area contributed by atoms with E-state index in [1.165, 1.54) is 37.7 Å². The molecule has 0 atom stereocenters. The maximum absolute atomic E-state index is 12.8. The maximum atomic E-state index is 12.8. The van der Waals surface area contributed by atoms with E-state index in [2.05, 4.69) is 39.9 Å². The van der Waals surface area contributed by atoms with E-state index in [4.69, 9.17) is 4.74 Å². The highest BCUT2D eigenvalue weighted by atomic mass is 16.5. The van der Waals surface area contributed by atoms with Gasteiger partial charge in [0.25, 0.3) is 0 Å². The summed E-state index contributed by atoms with van der Waals surface area (Å²) < 4.78 is 7.75. The minimum atomic E-state index is 0.106. The van der Waals surface area contributed by atoms with E-state index in [1.807, 2.05) is 12.1 Å². The molecule has 2 aliphatic rings. The van der Waals surface area contributed by atoms with E-state index in [0.717, 1.165) is 50.4 Å². The molecule has 0 saturated carbocycles. The van der Waals surface area contributed by atoms with Crippen LogP contribution in [0.4, 0.5) is 0 Å². The Morgan fingerprint density at radius 1 is 1.14 bits per heavy atom. The third-order valence-corrected chi connectivity index (χ3v) is 6.54. The third kappa shape index (κ3) is 4.41. The van der Waals surface area contributed by atoms with Gasteiger partial charge in [0.2, 0.25) is 5.91 Å². The van der Waals surface area contributed by atoms with E-state index in [-0.39, 0.29) is 11.3 Å². The second kappa shape index (κ2) is 8.66. The third-order valence-electron chi connectivity index (χ3n) is 6.54. The number of carbonyl (C=O) groups excluding carboxylic acids is 1. The lowest BCUT2D eigenvalue weighted by Crippen LogP contribution is -2.49. The van der Waals surface area contributed by atoms with Gasteiger partial charge in [-0.05, 0) is 63.2 Å². The summed E-state index contributed by atoms with van der Waals surface area (Å²) >= 11 is 0. The zero-order valence-corrected chi connectivity index (χ0v) is 17.1. The van der Waals surface area contributed by atoms with Gasteiger partial charge in [-0.1, -0.05) is 24.6 Å². The fraction of sp³-hybridized carbons (Fsp3) is 0.609. The number of fused-ring (bicyclic) bond motifs is 1. The maximum Gasteiger partial charge on any atom is 0.239 e. The highest BCUT2D eigenvalue weighted by Gasteiger charge is 2.35. The number of hydrogen-bond donors (Lipinski definition) is 1. The van der Waals surface area contributed by atoms with Crippen molar-refractivity contribution in [3.8, 4) is 0 Å². The average molecular weight is 384 g/mol. The average Bonchev–Trinajstić information content (AvgIpc) is 3.03. The Labute approximate surface area is 168 Å². The van der Waals surface area contributed by atoms with Crippen LogP contribution in [0.3, 0.4) is 0 Å². The topological polar surface area (TPSA) is 46.5 Å². The first-order chi connectivity index (χ1) is 13.7. The van der Waals surface area contributed by atoms with Gasteiger partial charge in [-0.25, -0.2) is 0 Å². The molecule has 2 aromatic rings. The van der Waals surface area contributed by atoms with Crippen molar-refractivity contribution in [2.75, 3.05) is 39.4 Å². The zero-order chi connectivity index (χ0) is 19.4. The lowest BCUT2D eigenvalue weighted by molar-refractivity contribution is -0.122. The van der Waals surface area contributed by atoms with E-state index in [1.54, 1.807) is 0 Å². The largest absolute Gasteiger partial charge is 0.381 e. The van der Waals surface area contributed by atoms with Crippen LogP contribution in [0.5, 0.6) is 0 Å². The number of benzene rings is 1. The molecule has 0 bridgehead atoms. The van der Waals surface area contributed by atoms with Gasteiger partial charge < -0.3 is 19.5 Å². The van der Waals surface area contributed by atoms with Gasteiger partial charge in [0.15, 0.2) is 0 Å². The first-order valence-electron chi connectivity index (χ1n) is 10.8. The van der Waals surface area contributed by atoms with Gasteiger partial charge in [-0.15, -0.1) is 0 Å². The molecule has 0 spiro atoms. The van der Waals surface area contributed by atoms with Crippen molar-refractivity contribution >= 4 is 16.8 Å². The minimum absolute atomic E-state index is 0.106. The standard InChI is InChI=1S/C23H33N3O2/c1-19-15-20-7-3-4-8-21(20)26(19)16-22(27)24-17-23(9-13-28-14-10-23)18-25-11-5-2-6-12-25/h3-4,7-8,15H,2,5-6,9-14,16-18H2,1H3,(H,24,27). The number of carbonyl (C=O) groups is 1. The number of nitrogens with zero attached hydrogens (tertiary/aromatic N) is 2. The van der Waals surface area contributed by atoms with Crippen LogP contribution < -0.4 is 5.32 Å². The normalized spacial score (nSPS) is 20.3. The van der Waals surface area contributed by atoms with Crippen molar-refractivity contribution in [2.45, 2.75) is 45.6 Å². The Morgan fingerprint density at radius 2 is 1.89 bits per heavy atom. The Hall–Kier alpha value is -1.85. The molecule has 2 saturated heterocycles. The molecule has 0 aliphatic carbocycles. The van der Waals surface area contributed by atoms with Crippen molar-refractivity contribution in [2.24, 2.45) is 5.41 Å². The number of rotatable bonds is 6. The van der Waals surface area contributed by atoms with Crippen LogP contribution in [0.15, 0.2) is 30.3 Å². The van der Waals surface area contributed by atoms with Crippen molar-refractivity contribution in [1.29, 1.82) is 0 Å². The molecule has 3 heterocycles. The molecule has 4 rings (SSSR count). The van der Waals surface area contributed by atoms with Crippen LogP contribution in [0.25, 0.3) is 10.9 Å². The van der Waals surface area contributed by atoms with Gasteiger partial charge in [-0.3, -0.25) is 4.79 Å². The molecule has 1 aromatic carbocycles. The summed E-state index contributed by atoms with van der Waals surface area (Å²) in [5.74, 6) is 0.106.